The molecule has 29 heavy (non-hydrogen) atoms. The highest BCUT2D eigenvalue weighted by Gasteiger charge is 2.31. The van der Waals surface area contributed by atoms with E-state index in [1.807, 2.05) is 24.3 Å². The summed E-state index contributed by atoms with van der Waals surface area (Å²) in [5, 5.41) is 2.61. The maximum absolute atomic E-state index is 13.1. The third kappa shape index (κ3) is 4.37. The molecular formula is C21H18BrF3N2O2. The Morgan fingerprint density at radius 3 is 2.41 bits per heavy atom. The number of halogens is 4. The Morgan fingerprint density at radius 1 is 1.17 bits per heavy atom. The maximum Gasteiger partial charge on any atom is 0.416 e. The van der Waals surface area contributed by atoms with Crippen molar-refractivity contribution in [1.82, 2.24) is 9.88 Å². The number of alkyl halides is 3. The van der Waals surface area contributed by atoms with Crippen molar-refractivity contribution in [3.8, 4) is 0 Å². The molecule has 0 radical (unpaired) electrons. The molecule has 1 aromatic heterocycles. The van der Waals surface area contributed by atoms with Crippen molar-refractivity contribution < 1.29 is 18.0 Å². The zero-order valence-electron chi connectivity index (χ0n) is 15.7. The summed E-state index contributed by atoms with van der Waals surface area (Å²) in [6.07, 6.45) is -3.19. The molecule has 152 valence electrons. The number of rotatable bonds is 4. The van der Waals surface area contributed by atoms with E-state index in [0.29, 0.717) is 12.1 Å². The fourth-order valence-corrected chi connectivity index (χ4v) is 3.37. The largest absolute Gasteiger partial charge is 0.416 e. The van der Waals surface area contributed by atoms with E-state index in [1.165, 1.54) is 12.3 Å². The lowest BCUT2D eigenvalue weighted by molar-refractivity contribution is -0.137. The average Bonchev–Trinajstić information content (AvgIpc) is 2.67. The summed E-state index contributed by atoms with van der Waals surface area (Å²) in [6.45, 7) is 3.95. The van der Waals surface area contributed by atoms with E-state index >= 15 is 0 Å². The molecule has 0 aliphatic heterocycles. The predicted molar refractivity (Wildman–Crippen MR) is 109 cm³/mol. The van der Waals surface area contributed by atoms with Crippen LogP contribution in [0.25, 0.3) is 10.9 Å². The minimum atomic E-state index is -4.58. The summed E-state index contributed by atoms with van der Waals surface area (Å²) >= 11 is 3.34. The second-order valence-electron chi connectivity index (χ2n) is 6.63. The molecule has 0 fully saturated rings. The SMILES string of the molecule is CCn1cc(C(=O)N[C@H](C)c2ccc(Br)cc2)c(=O)c2cc(C(F)(F)F)ccc21. The van der Waals surface area contributed by atoms with Gasteiger partial charge in [0.15, 0.2) is 0 Å². The van der Waals surface area contributed by atoms with Gasteiger partial charge in [0.25, 0.3) is 5.91 Å². The van der Waals surface area contributed by atoms with Crippen LogP contribution >= 0.6 is 15.9 Å². The van der Waals surface area contributed by atoms with Gasteiger partial charge < -0.3 is 9.88 Å². The van der Waals surface area contributed by atoms with Gasteiger partial charge in [-0.25, -0.2) is 0 Å². The molecule has 0 bridgehead atoms. The van der Waals surface area contributed by atoms with Crippen LogP contribution in [0.1, 0.15) is 41.4 Å². The van der Waals surface area contributed by atoms with Crippen LogP contribution < -0.4 is 10.7 Å². The molecule has 0 spiro atoms. The van der Waals surface area contributed by atoms with Gasteiger partial charge in [0.2, 0.25) is 5.43 Å². The second kappa shape index (κ2) is 8.02. The molecule has 0 aliphatic carbocycles. The molecule has 3 aromatic rings. The number of aryl methyl sites for hydroxylation is 1. The lowest BCUT2D eigenvalue weighted by Crippen LogP contribution is -2.32. The van der Waals surface area contributed by atoms with Crippen LogP contribution in [0.4, 0.5) is 13.2 Å². The molecule has 1 atom stereocenters. The molecule has 3 rings (SSSR count). The van der Waals surface area contributed by atoms with Gasteiger partial charge in [0.1, 0.15) is 5.56 Å². The number of carbonyl (C=O) groups excluding carboxylic acids is 1. The Morgan fingerprint density at radius 2 is 1.83 bits per heavy atom. The molecule has 2 aromatic carbocycles. The number of nitrogens with zero attached hydrogens (tertiary/aromatic N) is 1. The fourth-order valence-electron chi connectivity index (χ4n) is 3.11. The summed E-state index contributed by atoms with van der Waals surface area (Å²) in [7, 11) is 0. The quantitative estimate of drug-likeness (QED) is 0.567. The van der Waals surface area contributed by atoms with Gasteiger partial charge in [-0.2, -0.15) is 13.2 Å². The van der Waals surface area contributed by atoms with Crippen LogP contribution in [-0.2, 0) is 12.7 Å². The third-order valence-electron chi connectivity index (χ3n) is 4.71. The van der Waals surface area contributed by atoms with Crippen molar-refractivity contribution in [2.24, 2.45) is 0 Å². The molecule has 0 saturated carbocycles. The summed E-state index contributed by atoms with van der Waals surface area (Å²) in [6, 6.07) is 9.93. The van der Waals surface area contributed by atoms with E-state index in [0.717, 1.165) is 22.2 Å². The molecule has 0 aliphatic rings. The zero-order valence-corrected chi connectivity index (χ0v) is 17.3. The third-order valence-corrected chi connectivity index (χ3v) is 5.24. The number of benzene rings is 2. The highest BCUT2D eigenvalue weighted by atomic mass is 79.9. The summed E-state index contributed by atoms with van der Waals surface area (Å²) in [5.74, 6) is -0.632. The fraction of sp³-hybridized carbons (Fsp3) is 0.238. The molecular weight excluding hydrogens is 449 g/mol. The predicted octanol–water partition coefficient (Wildman–Crippen LogP) is 5.29. The monoisotopic (exact) mass is 466 g/mol. The Labute approximate surface area is 173 Å². The average molecular weight is 467 g/mol. The van der Waals surface area contributed by atoms with Crippen LogP contribution in [0, 0.1) is 0 Å². The van der Waals surface area contributed by atoms with Crippen LogP contribution in [-0.4, -0.2) is 10.5 Å². The molecule has 0 saturated heterocycles. The standard InChI is InChI=1S/C21H18BrF3N2O2/c1-3-27-11-17(20(29)26-12(2)13-4-7-15(22)8-5-13)19(28)16-10-14(21(23,24)25)6-9-18(16)27/h4-12H,3H2,1-2H3,(H,26,29)/t12-/m1/s1. The lowest BCUT2D eigenvalue weighted by atomic mass is 10.1. The van der Waals surface area contributed by atoms with Gasteiger partial charge in [-0.05, 0) is 49.7 Å². The highest BCUT2D eigenvalue weighted by Crippen LogP contribution is 2.31. The second-order valence-corrected chi connectivity index (χ2v) is 7.55. The van der Waals surface area contributed by atoms with Gasteiger partial charge in [-0.15, -0.1) is 0 Å². The number of fused-ring (bicyclic) bond motifs is 1. The van der Waals surface area contributed by atoms with E-state index in [1.54, 1.807) is 18.4 Å². The molecule has 1 heterocycles. The number of pyridine rings is 1. The first-order chi connectivity index (χ1) is 13.6. The first-order valence-corrected chi connectivity index (χ1v) is 9.72. The van der Waals surface area contributed by atoms with Crippen molar-refractivity contribution in [2.45, 2.75) is 32.6 Å². The maximum atomic E-state index is 13.1. The Hall–Kier alpha value is -2.61. The van der Waals surface area contributed by atoms with Gasteiger partial charge >= 0.3 is 6.18 Å². The minimum Gasteiger partial charge on any atom is -0.347 e. The Balaban J connectivity index is 2.03. The van der Waals surface area contributed by atoms with E-state index in [2.05, 4.69) is 21.2 Å². The van der Waals surface area contributed by atoms with Crippen LogP contribution in [0.15, 0.2) is 57.9 Å². The van der Waals surface area contributed by atoms with Crippen molar-refractivity contribution in [1.29, 1.82) is 0 Å². The highest BCUT2D eigenvalue weighted by molar-refractivity contribution is 9.10. The van der Waals surface area contributed by atoms with Crippen LogP contribution in [0.3, 0.4) is 0 Å². The molecule has 0 unspecified atom stereocenters. The number of aromatic nitrogens is 1. The zero-order chi connectivity index (χ0) is 21.3. The van der Waals surface area contributed by atoms with Crippen molar-refractivity contribution >= 4 is 32.7 Å². The van der Waals surface area contributed by atoms with Gasteiger partial charge in [-0.1, -0.05) is 28.1 Å². The first-order valence-electron chi connectivity index (χ1n) is 8.92. The van der Waals surface area contributed by atoms with Crippen LogP contribution in [0.2, 0.25) is 0 Å². The Kier molecular flexibility index (Phi) is 5.84. The number of amides is 1. The first kappa shape index (κ1) is 21.1. The van der Waals surface area contributed by atoms with E-state index in [-0.39, 0.29) is 17.0 Å². The van der Waals surface area contributed by atoms with E-state index in [9.17, 15) is 22.8 Å². The number of hydrogen-bond acceptors (Lipinski definition) is 2. The summed E-state index contributed by atoms with van der Waals surface area (Å²) in [5.41, 5.74) is -0.662. The van der Waals surface area contributed by atoms with Gasteiger partial charge in [-0.3, -0.25) is 9.59 Å². The lowest BCUT2D eigenvalue weighted by Gasteiger charge is -2.17. The van der Waals surface area contributed by atoms with Crippen molar-refractivity contribution in [2.75, 3.05) is 0 Å². The summed E-state index contributed by atoms with van der Waals surface area (Å²) in [4.78, 5) is 25.6. The minimum absolute atomic E-state index is 0.134. The molecule has 1 N–H and O–H groups in total. The van der Waals surface area contributed by atoms with E-state index < -0.39 is 23.1 Å². The van der Waals surface area contributed by atoms with Gasteiger partial charge in [0.05, 0.1) is 17.1 Å². The molecule has 4 nitrogen and oxygen atoms in total. The number of carbonyl (C=O) groups is 1. The van der Waals surface area contributed by atoms with Crippen LogP contribution in [0.5, 0.6) is 0 Å². The molecule has 1 amide bonds. The Bertz CT molecular complexity index is 1120. The number of nitrogens with one attached hydrogen (secondary N) is 1. The van der Waals surface area contributed by atoms with E-state index in [4.69, 9.17) is 0 Å². The summed E-state index contributed by atoms with van der Waals surface area (Å²) < 4.78 is 41.7. The normalized spacial score (nSPS) is 12.8. The van der Waals surface area contributed by atoms with Crippen molar-refractivity contribution in [3.05, 3.63) is 80.0 Å². The smallest absolute Gasteiger partial charge is 0.347 e. The number of hydrogen-bond donors (Lipinski definition) is 1. The van der Waals surface area contributed by atoms with Crippen molar-refractivity contribution in [3.63, 3.8) is 0 Å². The van der Waals surface area contributed by atoms with Gasteiger partial charge in [0, 0.05) is 22.6 Å². The molecule has 8 heteroatoms. The topological polar surface area (TPSA) is 51.1 Å².